The van der Waals surface area contributed by atoms with E-state index >= 15 is 0 Å². The van der Waals surface area contributed by atoms with Crippen LogP contribution in [0, 0.1) is 5.92 Å². The Kier molecular flexibility index (Phi) is 4.50. The Hall–Kier alpha value is -1.39. The maximum Gasteiger partial charge on any atom is 0.258 e. The first kappa shape index (κ1) is 15.5. The van der Waals surface area contributed by atoms with E-state index in [-0.39, 0.29) is 5.56 Å². The van der Waals surface area contributed by atoms with Crippen molar-refractivity contribution in [2.45, 2.75) is 45.7 Å². The monoisotopic (exact) mass is 319 g/mol. The van der Waals surface area contributed by atoms with Crippen molar-refractivity contribution in [2.24, 2.45) is 5.92 Å². The fourth-order valence-corrected chi connectivity index (χ4v) is 3.41. The molecule has 5 heteroatoms. The largest absolute Gasteiger partial charge is 0.295 e. The van der Waals surface area contributed by atoms with E-state index in [0.29, 0.717) is 22.6 Å². The third-order valence-electron chi connectivity index (χ3n) is 4.53. The quantitative estimate of drug-likeness (QED) is 0.852. The molecule has 0 aromatic carbocycles. The molecule has 0 amide bonds. The second kappa shape index (κ2) is 6.39. The van der Waals surface area contributed by atoms with E-state index in [1.807, 2.05) is 0 Å². The molecule has 2 aromatic rings. The van der Waals surface area contributed by atoms with E-state index in [4.69, 9.17) is 11.6 Å². The van der Waals surface area contributed by atoms with E-state index in [1.54, 1.807) is 24.4 Å². The number of rotatable bonds is 2. The molecule has 0 N–H and O–H groups in total. The summed E-state index contributed by atoms with van der Waals surface area (Å²) >= 11 is 5.94. The Morgan fingerprint density at radius 2 is 2.14 bits per heavy atom. The summed E-state index contributed by atoms with van der Waals surface area (Å²) in [5.41, 5.74) is 1.42. The predicted molar refractivity (Wildman–Crippen MR) is 89.4 cm³/mol. The molecule has 0 radical (unpaired) electrons. The Morgan fingerprint density at radius 3 is 2.95 bits per heavy atom. The van der Waals surface area contributed by atoms with Gasteiger partial charge in [-0.3, -0.25) is 14.1 Å². The molecule has 118 valence electrons. The van der Waals surface area contributed by atoms with E-state index in [1.165, 1.54) is 23.7 Å². The standard InChI is InChI=1S/C17H22ClN3O/c1-12-4-3-5-13(2)20(9-12)11-15-8-17(22)21-10-14(18)6-7-16(21)19-15/h6-8,10,12-13H,3-5,9,11H2,1-2H3. The van der Waals surface area contributed by atoms with Gasteiger partial charge in [-0.25, -0.2) is 4.98 Å². The molecular formula is C17H22ClN3O. The number of aromatic nitrogens is 2. The lowest BCUT2D eigenvalue weighted by Crippen LogP contribution is -2.34. The lowest BCUT2D eigenvalue weighted by molar-refractivity contribution is 0.184. The van der Waals surface area contributed by atoms with Gasteiger partial charge in [0.15, 0.2) is 0 Å². The van der Waals surface area contributed by atoms with Crippen LogP contribution in [0.15, 0.2) is 29.2 Å². The van der Waals surface area contributed by atoms with E-state index in [2.05, 4.69) is 23.7 Å². The van der Waals surface area contributed by atoms with Crippen LogP contribution in [0.4, 0.5) is 0 Å². The fraction of sp³-hybridized carbons (Fsp3) is 0.529. The number of fused-ring (bicyclic) bond motifs is 1. The first-order valence-electron chi connectivity index (χ1n) is 7.95. The lowest BCUT2D eigenvalue weighted by Gasteiger charge is -2.28. The molecule has 22 heavy (non-hydrogen) atoms. The molecule has 4 nitrogen and oxygen atoms in total. The molecule has 1 saturated heterocycles. The summed E-state index contributed by atoms with van der Waals surface area (Å²) in [6, 6.07) is 5.73. The highest BCUT2D eigenvalue weighted by molar-refractivity contribution is 6.30. The van der Waals surface area contributed by atoms with E-state index < -0.39 is 0 Å². The van der Waals surface area contributed by atoms with Crippen molar-refractivity contribution < 1.29 is 0 Å². The van der Waals surface area contributed by atoms with Crippen molar-refractivity contribution in [3.8, 4) is 0 Å². The number of hydrogen-bond donors (Lipinski definition) is 0. The summed E-state index contributed by atoms with van der Waals surface area (Å²) in [7, 11) is 0. The van der Waals surface area contributed by atoms with Crippen LogP contribution < -0.4 is 5.56 Å². The summed E-state index contributed by atoms with van der Waals surface area (Å²) in [6.45, 7) is 6.38. The van der Waals surface area contributed by atoms with Crippen LogP contribution in [0.25, 0.3) is 5.65 Å². The zero-order valence-electron chi connectivity index (χ0n) is 13.1. The molecule has 3 heterocycles. The zero-order chi connectivity index (χ0) is 15.7. The van der Waals surface area contributed by atoms with Gasteiger partial charge in [0, 0.05) is 31.4 Å². The van der Waals surface area contributed by atoms with Crippen LogP contribution in [0.1, 0.15) is 38.8 Å². The number of pyridine rings is 1. The minimum Gasteiger partial charge on any atom is -0.295 e. The molecule has 1 aliphatic heterocycles. The first-order chi connectivity index (χ1) is 10.5. The van der Waals surface area contributed by atoms with Crippen LogP contribution in [-0.2, 0) is 6.54 Å². The van der Waals surface area contributed by atoms with Gasteiger partial charge in [0.2, 0.25) is 0 Å². The van der Waals surface area contributed by atoms with Gasteiger partial charge in [-0.2, -0.15) is 0 Å². The maximum absolute atomic E-state index is 12.3. The van der Waals surface area contributed by atoms with Crippen LogP contribution >= 0.6 is 11.6 Å². The Bertz CT molecular complexity index is 727. The summed E-state index contributed by atoms with van der Waals surface area (Å²) in [6.07, 6.45) is 5.40. The van der Waals surface area contributed by atoms with Crippen LogP contribution in [0.3, 0.4) is 0 Å². The highest BCUT2D eigenvalue weighted by Gasteiger charge is 2.21. The smallest absolute Gasteiger partial charge is 0.258 e. The van der Waals surface area contributed by atoms with Crippen molar-refractivity contribution in [3.05, 3.63) is 45.5 Å². The molecule has 2 aromatic heterocycles. The Labute approximate surface area is 135 Å². The number of halogens is 1. The second-order valence-electron chi connectivity index (χ2n) is 6.48. The topological polar surface area (TPSA) is 37.6 Å². The second-order valence-corrected chi connectivity index (χ2v) is 6.91. The maximum atomic E-state index is 12.3. The van der Waals surface area contributed by atoms with Gasteiger partial charge < -0.3 is 0 Å². The van der Waals surface area contributed by atoms with Gasteiger partial charge >= 0.3 is 0 Å². The van der Waals surface area contributed by atoms with Crippen LogP contribution in [-0.4, -0.2) is 26.9 Å². The molecule has 1 aliphatic rings. The number of hydrogen-bond acceptors (Lipinski definition) is 3. The highest BCUT2D eigenvalue weighted by Crippen LogP contribution is 2.22. The molecule has 2 atom stereocenters. The first-order valence-corrected chi connectivity index (χ1v) is 8.32. The molecule has 0 bridgehead atoms. The Morgan fingerprint density at radius 1 is 1.32 bits per heavy atom. The van der Waals surface area contributed by atoms with Gasteiger partial charge in [-0.15, -0.1) is 0 Å². The summed E-state index contributed by atoms with van der Waals surface area (Å²) in [4.78, 5) is 19.3. The third kappa shape index (κ3) is 3.33. The third-order valence-corrected chi connectivity index (χ3v) is 4.75. The van der Waals surface area contributed by atoms with Crippen molar-refractivity contribution in [3.63, 3.8) is 0 Å². The zero-order valence-corrected chi connectivity index (χ0v) is 13.9. The molecule has 0 spiro atoms. The van der Waals surface area contributed by atoms with Crippen molar-refractivity contribution >= 4 is 17.2 Å². The van der Waals surface area contributed by atoms with Gasteiger partial charge in [0.25, 0.3) is 5.56 Å². The fourth-order valence-electron chi connectivity index (χ4n) is 3.25. The van der Waals surface area contributed by atoms with E-state index in [9.17, 15) is 4.79 Å². The molecule has 0 saturated carbocycles. The highest BCUT2D eigenvalue weighted by atomic mass is 35.5. The normalized spacial score (nSPS) is 23.6. The van der Waals surface area contributed by atoms with Gasteiger partial charge in [0.1, 0.15) is 5.65 Å². The van der Waals surface area contributed by atoms with Crippen LogP contribution in [0.2, 0.25) is 5.02 Å². The minimum atomic E-state index is -0.0713. The average Bonchev–Trinajstić information content (AvgIpc) is 2.62. The minimum absolute atomic E-state index is 0.0713. The predicted octanol–water partition coefficient (Wildman–Crippen LogP) is 3.36. The SMILES string of the molecule is CC1CCCC(C)N(Cc2cc(=O)n3cc(Cl)ccc3n2)C1. The molecule has 1 fully saturated rings. The van der Waals surface area contributed by atoms with Crippen molar-refractivity contribution in [1.82, 2.24) is 14.3 Å². The molecule has 2 unspecified atom stereocenters. The van der Waals surface area contributed by atoms with Gasteiger partial charge in [-0.05, 0) is 37.8 Å². The van der Waals surface area contributed by atoms with Gasteiger partial charge in [0.05, 0.1) is 10.7 Å². The van der Waals surface area contributed by atoms with E-state index in [0.717, 1.165) is 18.8 Å². The van der Waals surface area contributed by atoms with Crippen LogP contribution in [0.5, 0.6) is 0 Å². The molecule has 3 rings (SSSR count). The van der Waals surface area contributed by atoms with Crippen molar-refractivity contribution in [2.75, 3.05) is 6.54 Å². The summed E-state index contributed by atoms with van der Waals surface area (Å²) < 4.78 is 1.50. The lowest BCUT2D eigenvalue weighted by atomic mass is 10.1. The molecular weight excluding hydrogens is 298 g/mol. The average molecular weight is 320 g/mol. The van der Waals surface area contributed by atoms with Gasteiger partial charge in [-0.1, -0.05) is 24.9 Å². The summed E-state index contributed by atoms with van der Waals surface area (Å²) in [5, 5.41) is 0.541. The van der Waals surface area contributed by atoms with Crippen molar-refractivity contribution in [1.29, 1.82) is 0 Å². The number of likely N-dealkylation sites (tertiary alicyclic amines) is 1. The molecule has 0 aliphatic carbocycles. The summed E-state index contributed by atoms with van der Waals surface area (Å²) in [5.74, 6) is 0.699. The Balaban J connectivity index is 1.90. The number of nitrogens with zero attached hydrogens (tertiary/aromatic N) is 3.